The normalized spacial score (nSPS) is 10.7. The lowest BCUT2D eigenvalue weighted by atomic mass is 10.2. The van der Waals surface area contributed by atoms with Crippen molar-refractivity contribution in [3.63, 3.8) is 0 Å². The molecule has 5 nitrogen and oxygen atoms in total. The molecule has 23 heavy (non-hydrogen) atoms. The molecule has 2 aromatic carbocycles. The Bertz CT molecular complexity index is 624. The van der Waals surface area contributed by atoms with E-state index >= 15 is 0 Å². The summed E-state index contributed by atoms with van der Waals surface area (Å²) in [5, 5.41) is 3.87. The number of nitrogens with zero attached hydrogens (tertiary/aromatic N) is 1. The molecule has 0 atom stereocenters. The standard InChI is InChI=1S/C18H20N2O3/c1-2-22-14-18(21)20-19-12-15-8-10-17(11-9-15)23-13-16-6-4-3-5-7-16/h3-12H,2,13-14H2,1H3,(H,20,21)/b19-12+. The zero-order valence-electron chi connectivity index (χ0n) is 13.1. The second kappa shape index (κ2) is 9.38. The maximum atomic E-state index is 11.3. The van der Waals surface area contributed by atoms with Crippen molar-refractivity contribution in [3.05, 3.63) is 65.7 Å². The molecule has 0 aliphatic heterocycles. The molecule has 2 aromatic rings. The highest BCUT2D eigenvalue weighted by molar-refractivity contribution is 5.82. The van der Waals surface area contributed by atoms with Gasteiger partial charge in [0.05, 0.1) is 6.21 Å². The number of rotatable bonds is 8. The first kappa shape index (κ1) is 16.7. The second-order valence-corrected chi connectivity index (χ2v) is 4.77. The maximum Gasteiger partial charge on any atom is 0.266 e. The van der Waals surface area contributed by atoms with Crippen LogP contribution in [0.25, 0.3) is 0 Å². The lowest BCUT2D eigenvalue weighted by Gasteiger charge is -2.06. The van der Waals surface area contributed by atoms with Gasteiger partial charge in [0.15, 0.2) is 0 Å². The predicted octanol–water partition coefficient (Wildman–Crippen LogP) is 2.75. The summed E-state index contributed by atoms with van der Waals surface area (Å²) in [6, 6.07) is 17.5. The van der Waals surface area contributed by atoms with Crippen LogP contribution in [-0.2, 0) is 16.1 Å². The molecule has 0 saturated heterocycles. The fourth-order valence-corrected chi connectivity index (χ4v) is 1.80. The van der Waals surface area contributed by atoms with E-state index in [2.05, 4.69) is 10.5 Å². The van der Waals surface area contributed by atoms with Gasteiger partial charge in [-0.25, -0.2) is 5.43 Å². The number of hydrogen-bond acceptors (Lipinski definition) is 4. The molecule has 0 aliphatic rings. The summed E-state index contributed by atoms with van der Waals surface area (Å²) in [7, 11) is 0. The SMILES string of the molecule is CCOCC(=O)N/N=C/c1ccc(OCc2ccccc2)cc1. The lowest BCUT2D eigenvalue weighted by Crippen LogP contribution is -2.22. The van der Waals surface area contributed by atoms with Gasteiger partial charge < -0.3 is 9.47 Å². The smallest absolute Gasteiger partial charge is 0.266 e. The molecule has 2 rings (SSSR count). The number of hydrazone groups is 1. The number of carbonyl (C=O) groups excluding carboxylic acids is 1. The molecule has 0 aromatic heterocycles. The van der Waals surface area contributed by atoms with Crippen molar-refractivity contribution < 1.29 is 14.3 Å². The Morgan fingerprint density at radius 2 is 1.87 bits per heavy atom. The van der Waals surface area contributed by atoms with E-state index in [0.717, 1.165) is 16.9 Å². The zero-order valence-corrected chi connectivity index (χ0v) is 13.1. The molecule has 0 spiro atoms. The van der Waals surface area contributed by atoms with Gasteiger partial charge in [-0.3, -0.25) is 4.79 Å². The third-order valence-electron chi connectivity index (χ3n) is 2.97. The number of hydrogen-bond donors (Lipinski definition) is 1. The minimum Gasteiger partial charge on any atom is -0.489 e. The molecular weight excluding hydrogens is 292 g/mol. The molecule has 5 heteroatoms. The van der Waals surface area contributed by atoms with Gasteiger partial charge in [0.2, 0.25) is 0 Å². The quantitative estimate of drug-likeness (QED) is 0.602. The number of ether oxygens (including phenoxy) is 2. The van der Waals surface area contributed by atoms with Crippen molar-refractivity contribution in [2.45, 2.75) is 13.5 Å². The van der Waals surface area contributed by atoms with E-state index in [4.69, 9.17) is 9.47 Å². The maximum absolute atomic E-state index is 11.3. The molecule has 0 heterocycles. The molecule has 0 saturated carbocycles. The highest BCUT2D eigenvalue weighted by Crippen LogP contribution is 2.13. The highest BCUT2D eigenvalue weighted by atomic mass is 16.5. The average molecular weight is 312 g/mol. The third-order valence-corrected chi connectivity index (χ3v) is 2.97. The summed E-state index contributed by atoms with van der Waals surface area (Å²) in [4.78, 5) is 11.3. The first-order valence-electron chi connectivity index (χ1n) is 7.44. The Balaban J connectivity index is 1.79. The fourth-order valence-electron chi connectivity index (χ4n) is 1.80. The fraction of sp³-hybridized carbons (Fsp3) is 0.222. The molecule has 0 radical (unpaired) electrons. The van der Waals surface area contributed by atoms with Gasteiger partial charge in [0, 0.05) is 6.61 Å². The minimum atomic E-state index is -0.272. The number of carbonyl (C=O) groups is 1. The Labute approximate surface area is 135 Å². The Kier molecular flexibility index (Phi) is 6.81. The van der Waals surface area contributed by atoms with E-state index in [1.165, 1.54) is 0 Å². The summed E-state index contributed by atoms with van der Waals surface area (Å²) < 4.78 is 10.7. The van der Waals surface area contributed by atoms with E-state index in [1.807, 2.05) is 61.5 Å². The molecule has 0 aliphatic carbocycles. The van der Waals surface area contributed by atoms with Gasteiger partial charge in [-0.1, -0.05) is 30.3 Å². The first-order chi connectivity index (χ1) is 11.3. The van der Waals surface area contributed by atoms with Crippen molar-refractivity contribution in [1.82, 2.24) is 5.43 Å². The van der Waals surface area contributed by atoms with Gasteiger partial charge in [-0.2, -0.15) is 5.10 Å². The van der Waals surface area contributed by atoms with E-state index in [-0.39, 0.29) is 12.5 Å². The van der Waals surface area contributed by atoms with Crippen LogP contribution in [-0.4, -0.2) is 25.3 Å². The monoisotopic (exact) mass is 312 g/mol. The van der Waals surface area contributed by atoms with Crippen LogP contribution in [0.3, 0.4) is 0 Å². The largest absolute Gasteiger partial charge is 0.489 e. The molecule has 0 bridgehead atoms. The number of nitrogens with one attached hydrogen (secondary N) is 1. The zero-order chi connectivity index (χ0) is 16.3. The summed E-state index contributed by atoms with van der Waals surface area (Å²) in [6.45, 7) is 2.88. The van der Waals surface area contributed by atoms with Crippen LogP contribution in [0.1, 0.15) is 18.1 Å². The van der Waals surface area contributed by atoms with E-state index in [9.17, 15) is 4.79 Å². The van der Waals surface area contributed by atoms with E-state index in [0.29, 0.717) is 13.2 Å². The average Bonchev–Trinajstić information content (AvgIpc) is 2.60. The molecular formula is C18H20N2O3. The molecule has 1 N–H and O–H groups in total. The van der Waals surface area contributed by atoms with Gasteiger partial charge in [-0.05, 0) is 42.3 Å². The summed E-state index contributed by atoms with van der Waals surface area (Å²) in [5.74, 6) is 0.511. The number of amides is 1. The van der Waals surface area contributed by atoms with Gasteiger partial charge >= 0.3 is 0 Å². The van der Waals surface area contributed by atoms with Crippen LogP contribution < -0.4 is 10.2 Å². The third kappa shape index (κ3) is 6.32. The minimum absolute atomic E-state index is 0.0140. The Morgan fingerprint density at radius 1 is 1.13 bits per heavy atom. The molecule has 120 valence electrons. The van der Waals surface area contributed by atoms with Gasteiger partial charge in [0.25, 0.3) is 5.91 Å². The molecule has 0 fully saturated rings. The van der Waals surface area contributed by atoms with Crippen LogP contribution in [0.4, 0.5) is 0 Å². The van der Waals surface area contributed by atoms with Crippen molar-refractivity contribution in [2.75, 3.05) is 13.2 Å². The highest BCUT2D eigenvalue weighted by Gasteiger charge is 1.98. The summed E-state index contributed by atoms with van der Waals surface area (Å²) in [6.07, 6.45) is 1.57. The summed E-state index contributed by atoms with van der Waals surface area (Å²) in [5.41, 5.74) is 4.39. The van der Waals surface area contributed by atoms with Gasteiger partial charge in [0.1, 0.15) is 19.0 Å². The van der Waals surface area contributed by atoms with Crippen molar-refractivity contribution in [1.29, 1.82) is 0 Å². The number of benzene rings is 2. The van der Waals surface area contributed by atoms with Crippen molar-refractivity contribution in [3.8, 4) is 5.75 Å². The van der Waals surface area contributed by atoms with Crippen LogP contribution in [0.5, 0.6) is 5.75 Å². The van der Waals surface area contributed by atoms with Crippen LogP contribution in [0, 0.1) is 0 Å². The van der Waals surface area contributed by atoms with Crippen molar-refractivity contribution in [2.24, 2.45) is 5.10 Å². The Hall–Kier alpha value is -2.66. The Morgan fingerprint density at radius 3 is 2.57 bits per heavy atom. The van der Waals surface area contributed by atoms with Crippen molar-refractivity contribution >= 4 is 12.1 Å². The van der Waals surface area contributed by atoms with E-state index in [1.54, 1.807) is 6.21 Å². The van der Waals surface area contributed by atoms with Gasteiger partial charge in [-0.15, -0.1) is 0 Å². The molecule has 0 unspecified atom stereocenters. The lowest BCUT2D eigenvalue weighted by molar-refractivity contribution is -0.125. The van der Waals surface area contributed by atoms with Crippen LogP contribution in [0.2, 0.25) is 0 Å². The first-order valence-corrected chi connectivity index (χ1v) is 7.44. The topological polar surface area (TPSA) is 59.9 Å². The van der Waals surface area contributed by atoms with Crippen LogP contribution >= 0.6 is 0 Å². The predicted molar refractivity (Wildman–Crippen MR) is 89.4 cm³/mol. The second-order valence-electron chi connectivity index (χ2n) is 4.77. The molecule has 1 amide bonds. The summed E-state index contributed by atoms with van der Waals surface area (Å²) >= 11 is 0. The van der Waals surface area contributed by atoms with Crippen LogP contribution in [0.15, 0.2) is 59.7 Å². The van der Waals surface area contributed by atoms with E-state index < -0.39 is 0 Å².